The summed E-state index contributed by atoms with van der Waals surface area (Å²) in [5, 5.41) is 6.16. The Labute approximate surface area is 113 Å². The number of carbonyl (C=O) groups excluding carboxylic acids is 2. The molecule has 0 aliphatic carbocycles. The van der Waals surface area contributed by atoms with Crippen molar-refractivity contribution < 1.29 is 14.1 Å². The molecule has 0 spiro atoms. The normalized spacial score (nSPS) is 10.2. The van der Waals surface area contributed by atoms with Gasteiger partial charge in [0.2, 0.25) is 11.8 Å². The van der Waals surface area contributed by atoms with Crippen molar-refractivity contribution in [2.24, 2.45) is 0 Å². The summed E-state index contributed by atoms with van der Waals surface area (Å²) in [6.45, 7) is 4.27. The van der Waals surface area contributed by atoms with Crippen molar-refractivity contribution in [2.45, 2.75) is 39.5 Å². The standard InChI is InChI=1S/C13H21N3O3/c1-3-4-5-6-8-16(11(2)17)10-13(18)14-12-7-9-19-15-12/h7,9H,3-6,8,10H2,1-2H3,(H,14,15,18). The molecule has 1 aromatic heterocycles. The van der Waals surface area contributed by atoms with E-state index < -0.39 is 0 Å². The van der Waals surface area contributed by atoms with Crippen LogP contribution < -0.4 is 5.32 Å². The Kier molecular flexibility index (Phi) is 6.63. The van der Waals surface area contributed by atoms with E-state index >= 15 is 0 Å². The highest BCUT2D eigenvalue weighted by Crippen LogP contribution is 2.04. The summed E-state index contributed by atoms with van der Waals surface area (Å²) in [6, 6.07) is 1.55. The van der Waals surface area contributed by atoms with Gasteiger partial charge in [-0.25, -0.2) is 0 Å². The second-order valence-corrected chi connectivity index (χ2v) is 4.43. The van der Waals surface area contributed by atoms with E-state index in [4.69, 9.17) is 0 Å². The van der Waals surface area contributed by atoms with Gasteiger partial charge in [0.25, 0.3) is 0 Å². The van der Waals surface area contributed by atoms with Gasteiger partial charge in [-0.2, -0.15) is 0 Å². The number of rotatable bonds is 8. The zero-order valence-electron chi connectivity index (χ0n) is 11.5. The fourth-order valence-electron chi connectivity index (χ4n) is 1.71. The molecule has 1 aromatic rings. The van der Waals surface area contributed by atoms with E-state index in [2.05, 4.69) is 21.9 Å². The molecule has 0 atom stereocenters. The Morgan fingerprint density at radius 3 is 2.74 bits per heavy atom. The van der Waals surface area contributed by atoms with Crippen LogP contribution in [0.1, 0.15) is 39.5 Å². The van der Waals surface area contributed by atoms with Gasteiger partial charge < -0.3 is 14.7 Å². The number of hydrogen-bond acceptors (Lipinski definition) is 4. The summed E-state index contributed by atoms with van der Waals surface area (Å²) in [5.74, 6) is 0.00544. The van der Waals surface area contributed by atoms with Gasteiger partial charge in [0.05, 0.1) is 6.54 Å². The van der Waals surface area contributed by atoms with E-state index in [0.717, 1.165) is 25.7 Å². The third-order valence-electron chi connectivity index (χ3n) is 2.77. The first-order chi connectivity index (χ1) is 9.13. The molecule has 6 nitrogen and oxygen atoms in total. The molecular formula is C13H21N3O3. The highest BCUT2D eigenvalue weighted by Gasteiger charge is 2.13. The smallest absolute Gasteiger partial charge is 0.245 e. The molecule has 0 saturated carbocycles. The molecule has 1 N–H and O–H groups in total. The number of unbranched alkanes of at least 4 members (excludes halogenated alkanes) is 3. The van der Waals surface area contributed by atoms with Crippen LogP contribution in [0.15, 0.2) is 16.9 Å². The van der Waals surface area contributed by atoms with Gasteiger partial charge in [0, 0.05) is 19.5 Å². The molecule has 19 heavy (non-hydrogen) atoms. The number of hydrogen-bond donors (Lipinski definition) is 1. The molecule has 0 saturated heterocycles. The second kappa shape index (κ2) is 8.29. The van der Waals surface area contributed by atoms with Gasteiger partial charge in [-0.05, 0) is 6.42 Å². The van der Waals surface area contributed by atoms with Crippen molar-refractivity contribution in [3.8, 4) is 0 Å². The summed E-state index contributed by atoms with van der Waals surface area (Å²) >= 11 is 0. The first-order valence-corrected chi connectivity index (χ1v) is 6.59. The molecule has 0 radical (unpaired) electrons. The molecule has 1 rings (SSSR count). The van der Waals surface area contributed by atoms with E-state index in [-0.39, 0.29) is 18.4 Å². The van der Waals surface area contributed by atoms with Crippen LogP contribution in [0.5, 0.6) is 0 Å². The average Bonchev–Trinajstić information content (AvgIpc) is 2.85. The Bertz CT molecular complexity index is 390. The Balaban J connectivity index is 2.35. The summed E-state index contributed by atoms with van der Waals surface area (Å²) in [6.07, 6.45) is 5.67. The van der Waals surface area contributed by atoms with Crippen LogP contribution >= 0.6 is 0 Å². The van der Waals surface area contributed by atoms with Gasteiger partial charge in [-0.3, -0.25) is 9.59 Å². The summed E-state index contributed by atoms with van der Waals surface area (Å²) in [7, 11) is 0. The van der Waals surface area contributed by atoms with E-state index in [1.807, 2.05) is 0 Å². The molecule has 6 heteroatoms. The minimum Gasteiger partial charge on any atom is -0.363 e. The molecular weight excluding hydrogens is 246 g/mol. The minimum atomic E-state index is -0.264. The average molecular weight is 267 g/mol. The van der Waals surface area contributed by atoms with Crippen molar-refractivity contribution in [3.05, 3.63) is 12.3 Å². The molecule has 0 bridgehead atoms. The number of carbonyl (C=O) groups is 2. The van der Waals surface area contributed by atoms with Crippen molar-refractivity contribution in [1.82, 2.24) is 10.1 Å². The first-order valence-electron chi connectivity index (χ1n) is 6.59. The van der Waals surface area contributed by atoms with Crippen LogP contribution in [0.25, 0.3) is 0 Å². The fourth-order valence-corrected chi connectivity index (χ4v) is 1.71. The molecule has 0 unspecified atom stereocenters. The van der Waals surface area contributed by atoms with Crippen LogP contribution in [0.3, 0.4) is 0 Å². The number of anilines is 1. The van der Waals surface area contributed by atoms with Gasteiger partial charge in [-0.15, -0.1) is 0 Å². The summed E-state index contributed by atoms with van der Waals surface area (Å²) in [4.78, 5) is 24.7. The van der Waals surface area contributed by atoms with Crippen LogP contribution in [0.4, 0.5) is 5.82 Å². The quantitative estimate of drug-likeness (QED) is 0.731. The predicted molar refractivity (Wildman–Crippen MR) is 71.5 cm³/mol. The predicted octanol–water partition coefficient (Wildman–Crippen LogP) is 2.04. The molecule has 0 aromatic carbocycles. The summed E-state index contributed by atoms with van der Waals surface area (Å²) < 4.78 is 4.61. The number of nitrogens with one attached hydrogen (secondary N) is 1. The van der Waals surface area contributed by atoms with Gasteiger partial charge >= 0.3 is 0 Å². The highest BCUT2D eigenvalue weighted by atomic mass is 16.5. The third-order valence-corrected chi connectivity index (χ3v) is 2.77. The number of amides is 2. The lowest BCUT2D eigenvalue weighted by Gasteiger charge is -2.20. The minimum absolute atomic E-state index is 0.0499. The van der Waals surface area contributed by atoms with E-state index in [1.54, 1.807) is 11.0 Å². The Morgan fingerprint density at radius 2 is 2.16 bits per heavy atom. The van der Waals surface area contributed by atoms with Gasteiger partial charge in [-0.1, -0.05) is 31.3 Å². The lowest BCUT2D eigenvalue weighted by atomic mass is 10.2. The lowest BCUT2D eigenvalue weighted by Crippen LogP contribution is -2.37. The molecule has 0 aliphatic heterocycles. The maximum absolute atomic E-state index is 11.7. The SMILES string of the molecule is CCCCCCN(CC(=O)Nc1ccon1)C(C)=O. The van der Waals surface area contributed by atoms with E-state index in [9.17, 15) is 9.59 Å². The Morgan fingerprint density at radius 1 is 1.37 bits per heavy atom. The lowest BCUT2D eigenvalue weighted by molar-refractivity contribution is -0.132. The summed E-state index contributed by atoms with van der Waals surface area (Å²) in [5.41, 5.74) is 0. The van der Waals surface area contributed by atoms with Crippen LogP contribution in [-0.2, 0) is 9.59 Å². The second-order valence-electron chi connectivity index (χ2n) is 4.43. The zero-order chi connectivity index (χ0) is 14.1. The van der Waals surface area contributed by atoms with Crippen molar-refractivity contribution in [3.63, 3.8) is 0 Å². The van der Waals surface area contributed by atoms with Gasteiger partial charge in [0.1, 0.15) is 6.26 Å². The maximum atomic E-state index is 11.7. The molecule has 0 aliphatic rings. The van der Waals surface area contributed by atoms with Crippen molar-refractivity contribution >= 4 is 17.6 Å². The zero-order valence-corrected chi connectivity index (χ0v) is 11.5. The molecule has 0 fully saturated rings. The highest BCUT2D eigenvalue weighted by molar-refractivity contribution is 5.93. The van der Waals surface area contributed by atoms with E-state index in [1.165, 1.54) is 13.2 Å². The third kappa shape index (κ3) is 6.03. The molecule has 2 amide bonds. The van der Waals surface area contributed by atoms with Crippen LogP contribution in [0.2, 0.25) is 0 Å². The van der Waals surface area contributed by atoms with E-state index in [0.29, 0.717) is 12.4 Å². The van der Waals surface area contributed by atoms with Crippen molar-refractivity contribution in [1.29, 1.82) is 0 Å². The monoisotopic (exact) mass is 267 g/mol. The topological polar surface area (TPSA) is 75.4 Å². The van der Waals surface area contributed by atoms with Crippen LogP contribution in [0, 0.1) is 0 Å². The van der Waals surface area contributed by atoms with Crippen LogP contribution in [-0.4, -0.2) is 35.0 Å². The number of aromatic nitrogens is 1. The molecule has 106 valence electrons. The number of nitrogens with zero attached hydrogens (tertiary/aromatic N) is 2. The largest absolute Gasteiger partial charge is 0.363 e. The van der Waals surface area contributed by atoms with Gasteiger partial charge in [0.15, 0.2) is 5.82 Å². The first kappa shape index (κ1) is 15.2. The fraction of sp³-hybridized carbons (Fsp3) is 0.615. The molecule has 1 heterocycles. The Hall–Kier alpha value is -1.85. The maximum Gasteiger partial charge on any atom is 0.245 e. The van der Waals surface area contributed by atoms with Crippen molar-refractivity contribution in [2.75, 3.05) is 18.4 Å².